The molecule has 0 unspecified atom stereocenters. The number of fused-ring (bicyclic) bond motifs is 1. The molecule has 0 amide bonds. The van der Waals surface area contributed by atoms with Crippen LogP contribution in [0.25, 0.3) is 11.2 Å². The summed E-state index contributed by atoms with van der Waals surface area (Å²) in [5, 5.41) is 0. The average Bonchev–Trinajstić information content (AvgIpc) is 3.21. The molecule has 0 atom stereocenters. The summed E-state index contributed by atoms with van der Waals surface area (Å²) in [5.41, 5.74) is 5.63. The minimum Gasteiger partial charge on any atom is -0.339 e. The van der Waals surface area contributed by atoms with Gasteiger partial charge in [0, 0.05) is 26.7 Å². The second-order valence-corrected chi connectivity index (χ2v) is 5.53. The van der Waals surface area contributed by atoms with E-state index in [4.69, 9.17) is 5.73 Å². The normalized spacial score (nSPS) is 14.8. The van der Waals surface area contributed by atoms with Crippen molar-refractivity contribution in [1.82, 2.24) is 19.1 Å². The van der Waals surface area contributed by atoms with Crippen LogP contribution >= 0.6 is 0 Å². The molecule has 2 heterocycles. The van der Waals surface area contributed by atoms with Gasteiger partial charge in [0.2, 0.25) is 5.95 Å². The zero-order valence-corrected chi connectivity index (χ0v) is 12.3. The van der Waals surface area contributed by atoms with Crippen molar-refractivity contribution in [2.75, 3.05) is 18.0 Å². The molecular weight excluding hydrogens is 272 g/mol. The van der Waals surface area contributed by atoms with Crippen LogP contribution in [0.2, 0.25) is 0 Å². The third-order valence-corrected chi connectivity index (χ3v) is 3.95. The smallest absolute Gasteiger partial charge is 0.332 e. The van der Waals surface area contributed by atoms with Gasteiger partial charge in [0.15, 0.2) is 11.2 Å². The molecule has 0 spiro atoms. The summed E-state index contributed by atoms with van der Waals surface area (Å²) >= 11 is 0. The molecule has 8 nitrogen and oxygen atoms in total. The number of nitrogens with one attached hydrogen (secondary N) is 1. The number of aromatic nitrogens is 4. The quantitative estimate of drug-likeness (QED) is 0.757. The van der Waals surface area contributed by atoms with Crippen LogP contribution in [0, 0.1) is 0 Å². The van der Waals surface area contributed by atoms with Gasteiger partial charge in [-0.1, -0.05) is 0 Å². The largest absolute Gasteiger partial charge is 0.339 e. The third-order valence-electron chi connectivity index (χ3n) is 3.95. The van der Waals surface area contributed by atoms with Crippen LogP contribution < -0.4 is 21.9 Å². The Labute approximate surface area is 121 Å². The summed E-state index contributed by atoms with van der Waals surface area (Å²) in [4.78, 5) is 33.8. The van der Waals surface area contributed by atoms with Crippen LogP contribution in [-0.4, -0.2) is 38.2 Å². The molecule has 2 aromatic heterocycles. The highest BCUT2D eigenvalue weighted by atomic mass is 16.2. The molecule has 0 saturated heterocycles. The van der Waals surface area contributed by atoms with E-state index in [2.05, 4.69) is 14.9 Å². The summed E-state index contributed by atoms with van der Waals surface area (Å²) in [6.45, 7) is 1.42. The van der Waals surface area contributed by atoms with E-state index in [0.29, 0.717) is 29.7 Å². The van der Waals surface area contributed by atoms with E-state index in [1.165, 1.54) is 11.6 Å². The Bertz CT molecular complexity index is 782. The van der Waals surface area contributed by atoms with E-state index < -0.39 is 0 Å². The molecule has 1 aliphatic carbocycles. The fourth-order valence-electron chi connectivity index (χ4n) is 2.56. The summed E-state index contributed by atoms with van der Waals surface area (Å²) < 4.78 is 2.48. The first-order chi connectivity index (χ1) is 10.0. The Morgan fingerprint density at radius 3 is 2.67 bits per heavy atom. The van der Waals surface area contributed by atoms with Crippen molar-refractivity contribution in [3.05, 3.63) is 20.8 Å². The molecule has 0 aliphatic heterocycles. The van der Waals surface area contributed by atoms with Crippen molar-refractivity contribution in [2.45, 2.75) is 25.3 Å². The van der Waals surface area contributed by atoms with Gasteiger partial charge < -0.3 is 15.6 Å². The van der Waals surface area contributed by atoms with Gasteiger partial charge in [0.05, 0.1) is 0 Å². The highest BCUT2D eigenvalue weighted by molar-refractivity contribution is 5.73. The Morgan fingerprint density at radius 1 is 1.33 bits per heavy atom. The Kier molecular flexibility index (Phi) is 3.32. The first kappa shape index (κ1) is 13.9. The van der Waals surface area contributed by atoms with E-state index in [0.717, 1.165) is 30.4 Å². The maximum atomic E-state index is 12.2. The lowest BCUT2D eigenvalue weighted by molar-refractivity contribution is 0.707. The van der Waals surface area contributed by atoms with E-state index in [1.807, 2.05) is 0 Å². The molecular formula is C13H20N6O2. The number of imidazole rings is 1. The second kappa shape index (κ2) is 5.03. The number of nitrogens with zero attached hydrogens (tertiary/aromatic N) is 4. The maximum absolute atomic E-state index is 12.2. The molecule has 0 radical (unpaired) electrons. The fourth-order valence-corrected chi connectivity index (χ4v) is 2.56. The standard InChI is InChI=1S/C13H20N6O2/c1-17-10-9(11(20)18(2)13(17)21)15-12(16-10)19(7-3-6-14)8-4-5-8/h8H,3-7,14H2,1-2H3,(H,15,16). The minimum atomic E-state index is -0.370. The lowest BCUT2D eigenvalue weighted by Crippen LogP contribution is -2.36. The van der Waals surface area contributed by atoms with Crippen LogP contribution in [0.15, 0.2) is 9.59 Å². The minimum absolute atomic E-state index is 0.346. The number of aryl methyl sites for hydroxylation is 1. The zero-order valence-electron chi connectivity index (χ0n) is 12.3. The van der Waals surface area contributed by atoms with Crippen LogP contribution in [0.4, 0.5) is 5.95 Å². The average molecular weight is 292 g/mol. The molecule has 0 aromatic carbocycles. The van der Waals surface area contributed by atoms with Gasteiger partial charge in [0.1, 0.15) is 0 Å². The van der Waals surface area contributed by atoms with E-state index >= 15 is 0 Å². The summed E-state index contributed by atoms with van der Waals surface area (Å²) in [6.07, 6.45) is 3.11. The maximum Gasteiger partial charge on any atom is 0.332 e. The van der Waals surface area contributed by atoms with Crippen molar-refractivity contribution in [3.8, 4) is 0 Å². The molecule has 21 heavy (non-hydrogen) atoms. The van der Waals surface area contributed by atoms with Crippen molar-refractivity contribution >= 4 is 17.1 Å². The molecule has 1 aliphatic rings. The number of H-pyrrole nitrogens is 1. The number of hydrogen-bond donors (Lipinski definition) is 2. The lowest BCUT2D eigenvalue weighted by Gasteiger charge is -2.20. The Morgan fingerprint density at radius 2 is 2.05 bits per heavy atom. The Hall–Kier alpha value is -2.09. The first-order valence-corrected chi connectivity index (χ1v) is 7.17. The molecule has 3 rings (SSSR count). The first-order valence-electron chi connectivity index (χ1n) is 7.17. The fraction of sp³-hybridized carbons (Fsp3) is 0.615. The monoisotopic (exact) mass is 292 g/mol. The highest BCUT2D eigenvalue weighted by Gasteiger charge is 2.31. The number of anilines is 1. The van der Waals surface area contributed by atoms with Gasteiger partial charge >= 0.3 is 5.69 Å². The van der Waals surface area contributed by atoms with Crippen molar-refractivity contribution in [2.24, 2.45) is 19.8 Å². The number of rotatable bonds is 5. The molecule has 114 valence electrons. The number of nitrogens with two attached hydrogens (primary N) is 1. The number of hydrogen-bond acceptors (Lipinski definition) is 5. The summed E-state index contributed by atoms with van der Waals surface area (Å²) in [7, 11) is 3.09. The highest BCUT2D eigenvalue weighted by Crippen LogP contribution is 2.30. The SMILES string of the molecule is Cn1c(=O)c2[nH]c(N(CCCN)C3CC3)nc2n(C)c1=O. The third kappa shape index (κ3) is 2.25. The van der Waals surface area contributed by atoms with Gasteiger partial charge in [-0.05, 0) is 25.8 Å². The predicted molar refractivity (Wildman–Crippen MR) is 80.6 cm³/mol. The van der Waals surface area contributed by atoms with Crippen molar-refractivity contribution in [1.29, 1.82) is 0 Å². The van der Waals surface area contributed by atoms with Crippen LogP contribution in [-0.2, 0) is 14.1 Å². The zero-order chi connectivity index (χ0) is 15.1. The Balaban J connectivity index is 2.12. The van der Waals surface area contributed by atoms with Crippen LogP contribution in [0.5, 0.6) is 0 Å². The second-order valence-electron chi connectivity index (χ2n) is 5.53. The molecule has 0 bridgehead atoms. The van der Waals surface area contributed by atoms with E-state index in [1.54, 1.807) is 7.05 Å². The van der Waals surface area contributed by atoms with Gasteiger partial charge in [-0.2, -0.15) is 4.98 Å². The predicted octanol–water partition coefficient (Wildman–Crippen LogP) is -0.722. The van der Waals surface area contributed by atoms with Crippen molar-refractivity contribution in [3.63, 3.8) is 0 Å². The lowest BCUT2D eigenvalue weighted by atomic mass is 10.4. The van der Waals surface area contributed by atoms with Crippen LogP contribution in [0.1, 0.15) is 19.3 Å². The van der Waals surface area contributed by atoms with Crippen LogP contribution in [0.3, 0.4) is 0 Å². The topological polar surface area (TPSA) is 102 Å². The molecule has 1 fully saturated rings. The summed E-state index contributed by atoms with van der Waals surface area (Å²) in [6, 6.07) is 0.456. The molecule has 1 saturated carbocycles. The van der Waals surface area contributed by atoms with Gasteiger partial charge in [-0.15, -0.1) is 0 Å². The number of aromatic amines is 1. The van der Waals surface area contributed by atoms with Crippen molar-refractivity contribution < 1.29 is 0 Å². The van der Waals surface area contributed by atoms with Gasteiger partial charge in [0.25, 0.3) is 5.56 Å². The summed E-state index contributed by atoms with van der Waals surface area (Å²) in [5.74, 6) is 0.652. The van der Waals surface area contributed by atoms with E-state index in [9.17, 15) is 9.59 Å². The van der Waals surface area contributed by atoms with Gasteiger partial charge in [-0.3, -0.25) is 13.9 Å². The molecule has 8 heteroatoms. The van der Waals surface area contributed by atoms with E-state index in [-0.39, 0.29) is 11.2 Å². The molecule has 3 N–H and O–H groups in total. The van der Waals surface area contributed by atoms with Gasteiger partial charge in [-0.25, -0.2) is 4.79 Å². The molecule has 2 aromatic rings.